The fourth-order valence-electron chi connectivity index (χ4n) is 2.74. The number of rotatable bonds is 4. The average Bonchev–Trinajstić information content (AvgIpc) is 2.22. The molecule has 2 aliphatic rings. The summed E-state index contributed by atoms with van der Waals surface area (Å²) in [6.07, 6.45) is 4.48. The lowest BCUT2D eigenvalue weighted by Gasteiger charge is -2.42. The smallest absolute Gasteiger partial charge is 0.222 e. The quantitative estimate of drug-likeness (QED) is 0.768. The molecule has 1 saturated heterocycles. The number of hydrogen-bond acceptors (Lipinski definition) is 4. The van der Waals surface area contributed by atoms with Crippen LogP contribution in [0.2, 0.25) is 0 Å². The van der Waals surface area contributed by atoms with E-state index in [1.807, 2.05) is 0 Å². The highest BCUT2D eigenvalue weighted by Crippen LogP contribution is 2.34. The molecule has 0 radical (unpaired) electrons. The second-order valence-corrected chi connectivity index (χ2v) is 7.73. The zero-order valence-corrected chi connectivity index (χ0v) is 11.7. The Hall–Kier alpha value is -0.620. The number of amides is 1. The topological polar surface area (TPSA) is 75.3 Å². The van der Waals surface area contributed by atoms with E-state index < -0.39 is 9.84 Å². The molecule has 0 aromatic heterocycles. The van der Waals surface area contributed by atoms with Crippen molar-refractivity contribution in [1.82, 2.24) is 10.6 Å². The predicted molar refractivity (Wildman–Crippen MR) is 70.1 cm³/mol. The Balaban J connectivity index is 1.84. The van der Waals surface area contributed by atoms with Crippen molar-refractivity contribution in [3.05, 3.63) is 0 Å². The van der Waals surface area contributed by atoms with E-state index in [0.29, 0.717) is 6.54 Å². The Bertz CT molecular complexity index is 410. The van der Waals surface area contributed by atoms with E-state index >= 15 is 0 Å². The maximum absolute atomic E-state index is 11.9. The molecule has 0 aromatic rings. The van der Waals surface area contributed by atoms with Gasteiger partial charge in [0.2, 0.25) is 5.91 Å². The van der Waals surface area contributed by atoms with E-state index in [2.05, 4.69) is 17.6 Å². The van der Waals surface area contributed by atoms with Gasteiger partial charge in [-0.2, -0.15) is 0 Å². The van der Waals surface area contributed by atoms with Gasteiger partial charge in [0.25, 0.3) is 0 Å². The summed E-state index contributed by atoms with van der Waals surface area (Å²) in [7, 11) is -2.96. The molecule has 1 heterocycles. The van der Waals surface area contributed by atoms with Gasteiger partial charge in [0.1, 0.15) is 0 Å². The second kappa shape index (κ2) is 5.17. The van der Waals surface area contributed by atoms with Crippen LogP contribution in [0.5, 0.6) is 0 Å². The first-order chi connectivity index (χ1) is 8.45. The second-order valence-electron chi connectivity index (χ2n) is 5.51. The lowest BCUT2D eigenvalue weighted by Crippen LogP contribution is -2.55. The monoisotopic (exact) mass is 274 g/mol. The number of carbonyl (C=O) groups excluding carboxylic acids is 1. The largest absolute Gasteiger partial charge is 0.351 e. The molecule has 0 spiro atoms. The molecule has 5 nitrogen and oxygen atoms in total. The molecule has 2 rings (SSSR count). The van der Waals surface area contributed by atoms with Crippen molar-refractivity contribution >= 4 is 15.7 Å². The van der Waals surface area contributed by atoms with Gasteiger partial charge < -0.3 is 10.6 Å². The molecule has 2 fully saturated rings. The first-order valence-corrected chi connectivity index (χ1v) is 8.52. The van der Waals surface area contributed by atoms with E-state index in [0.717, 1.165) is 19.3 Å². The van der Waals surface area contributed by atoms with E-state index in [1.165, 1.54) is 6.42 Å². The Morgan fingerprint density at radius 3 is 2.67 bits per heavy atom. The summed E-state index contributed by atoms with van der Waals surface area (Å²) in [5.41, 5.74) is -0.00930. The highest BCUT2D eigenvalue weighted by Gasteiger charge is 2.37. The number of sulfone groups is 1. The number of nitrogens with one attached hydrogen (secondary N) is 2. The minimum Gasteiger partial charge on any atom is -0.351 e. The predicted octanol–water partition coefficient (Wildman–Crippen LogP) is 0.212. The normalized spacial score (nSPS) is 29.3. The van der Waals surface area contributed by atoms with Crippen LogP contribution in [-0.4, -0.2) is 44.0 Å². The van der Waals surface area contributed by atoms with Crippen LogP contribution in [0.4, 0.5) is 0 Å². The van der Waals surface area contributed by atoms with Gasteiger partial charge in [-0.3, -0.25) is 4.79 Å². The third-order valence-electron chi connectivity index (χ3n) is 4.13. The summed E-state index contributed by atoms with van der Waals surface area (Å²) in [5, 5.41) is 6.19. The Labute approximate surface area is 109 Å². The molecule has 1 saturated carbocycles. The Morgan fingerprint density at radius 2 is 2.17 bits per heavy atom. The van der Waals surface area contributed by atoms with Crippen LogP contribution in [0, 0.1) is 0 Å². The summed E-state index contributed by atoms with van der Waals surface area (Å²) >= 11 is 0. The van der Waals surface area contributed by atoms with Crippen molar-refractivity contribution in [2.24, 2.45) is 0 Å². The van der Waals surface area contributed by atoms with E-state index in [9.17, 15) is 13.2 Å². The van der Waals surface area contributed by atoms with Gasteiger partial charge in [-0.1, -0.05) is 6.92 Å². The molecule has 1 atom stereocenters. The van der Waals surface area contributed by atoms with Gasteiger partial charge in [0.05, 0.1) is 11.5 Å². The molecule has 6 heteroatoms. The van der Waals surface area contributed by atoms with Crippen LogP contribution in [0.15, 0.2) is 0 Å². The molecule has 1 unspecified atom stereocenters. The Morgan fingerprint density at radius 1 is 1.44 bits per heavy atom. The lowest BCUT2D eigenvalue weighted by molar-refractivity contribution is -0.124. The van der Waals surface area contributed by atoms with Crippen molar-refractivity contribution in [2.75, 3.05) is 18.1 Å². The molecule has 0 bridgehead atoms. The average molecular weight is 274 g/mol. The van der Waals surface area contributed by atoms with Gasteiger partial charge in [0, 0.05) is 24.5 Å². The maximum atomic E-state index is 11.9. The highest BCUT2D eigenvalue weighted by molar-refractivity contribution is 7.91. The zero-order valence-electron chi connectivity index (χ0n) is 10.9. The van der Waals surface area contributed by atoms with E-state index in [-0.39, 0.29) is 35.4 Å². The van der Waals surface area contributed by atoms with Gasteiger partial charge in [-0.05, 0) is 25.7 Å². The van der Waals surface area contributed by atoms with E-state index in [1.54, 1.807) is 0 Å². The van der Waals surface area contributed by atoms with Crippen molar-refractivity contribution in [1.29, 1.82) is 0 Å². The minimum atomic E-state index is -2.96. The molecule has 0 aromatic carbocycles. The highest BCUT2D eigenvalue weighted by atomic mass is 32.2. The van der Waals surface area contributed by atoms with Gasteiger partial charge in [0.15, 0.2) is 9.84 Å². The first-order valence-electron chi connectivity index (χ1n) is 6.69. The van der Waals surface area contributed by atoms with E-state index in [4.69, 9.17) is 0 Å². The molecular weight excluding hydrogens is 252 g/mol. The van der Waals surface area contributed by atoms with Crippen LogP contribution < -0.4 is 10.6 Å². The van der Waals surface area contributed by atoms with Crippen molar-refractivity contribution in [3.63, 3.8) is 0 Å². The van der Waals surface area contributed by atoms with Crippen LogP contribution >= 0.6 is 0 Å². The van der Waals surface area contributed by atoms with Crippen LogP contribution in [0.25, 0.3) is 0 Å². The fraction of sp³-hybridized carbons (Fsp3) is 0.917. The van der Waals surface area contributed by atoms with Gasteiger partial charge in [-0.15, -0.1) is 0 Å². The van der Waals surface area contributed by atoms with Crippen LogP contribution in [-0.2, 0) is 14.6 Å². The van der Waals surface area contributed by atoms with Crippen molar-refractivity contribution < 1.29 is 13.2 Å². The molecule has 1 amide bonds. The molecular formula is C12H22N2O3S. The third kappa shape index (κ3) is 3.23. The van der Waals surface area contributed by atoms with Gasteiger partial charge in [-0.25, -0.2) is 8.42 Å². The molecule has 1 aliphatic carbocycles. The molecule has 104 valence electrons. The summed E-state index contributed by atoms with van der Waals surface area (Å²) in [5.74, 6) is 0.245. The number of hydrogen-bond donors (Lipinski definition) is 2. The van der Waals surface area contributed by atoms with Crippen molar-refractivity contribution in [2.45, 2.75) is 50.6 Å². The molecule has 1 aliphatic heterocycles. The maximum Gasteiger partial charge on any atom is 0.222 e. The fourth-order valence-corrected chi connectivity index (χ4v) is 4.18. The lowest BCUT2D eigenvalue weighted by atomic mass is 9.75. The van der Waals surface area contributed by atoms with Crippen molar-refractivity contribution in [3.8, 4) is 0 Å². The summed E-state index contributed by atoms with van der Waals surface area (Å²) < 4.78 is 23.0. The summed E-state index contributed by atoms with van der Waals surface area (Å²) in [6.45, 7) is 2.54. The SMILES string of the molecule is CCC1(NC(=O)CC2CS(=O)(=O)CCN2)CCC1. The summed E-state index contributed by atoms with van der Waals surface area (Å²) in [6, 6.07) is -0.224. The zero-order chi connectivity index (χ0) is 13.2. The molecule has 18 heavy (non-hydrogen) atoms. The summed E-state index contributed by atoms with van der Waals surface area (Å²) in [4.78, 5) is 11.9. The molecule has 2 N–H and O–H groups in total. The third-order valence-corrected chi connectivity index (χ3v) is 5.86. The minimum absolute atomic E-state index is 0.00930. The standard InChI is InChI=1S/C12H22N2O3S/c1-2-12(4-3-5-12)14-11(15)8-10-9-18(16,17)7-6-13-10/h10,13H,2-9H2,1H3,(H,14,15). The number of carbonyl (C=O) groups is 1. The first kappa shape index (κ1) is 13.8. The van der Waals surface area contributed by atoms with Gasteiger partial charge >= 0.3 is 0 Å². The van der Waals surface area contributed by atoms with Crippen LogP contribution in [0.1, 0.15) is 39.0 Å². The van der Waals surface area contributed by atoms with Crippen LogP contribution in [0.3, 0.4) is 0 Å². The Kier molecular flexibility index (Phi) is 3.96.